The Labute approximate surface area is 116 Å². The van der Waals surface area contributed by atoms with Gasteiger partial charge in [0.2, 0.25) is 0 Å². The topological polar surface area (TPSA) is 51.4 Å². The van der Waals surface area contributed by atoms with Crippen molar-refractivity contribution in [2.75, 3.05) is 24.6 Å². The van der Waals surface area contributed by atoms with Crippen molar-refractivity contribution in [2.45, 2.75) is 46.3 Å². The molecule has 0 saturated carbocycles. The van der Waals surface area contributed by atoms with Gasteiger partial charge in [0, 0.05) is 37.5 Å². The maximum absolute atomic E-state index is 5.90. The van der Waals surface area contributed by atoms with Crippen LogP contribution in [-0.2, 0) is 11.3 Å². The first-order valence-electron chi connectivity index (χ1n) is 7.19. The highest BCUT2D eigenvalue weighted by atomic mass is 16.5. The summed E-state index contributed by atoms with van der Waals surface area (Å²) in [6, 6.07) is 2.11. The number of aromatic nitrogens is 1. The molecular weight excluding hydrogens is 238 g/mol. The lowest BCUT2D eigenvalue weighted by Gasteiger charge is -2.34. The second-order valence-corrected chi connectivity index (χ2v) is 5.25. The smallest absolute Gasteiger partial charge is 0.133 e. The zero-order valence-corrected chi connectivity index (χ0v) is 12.3. The molecule has 1 saturated heterocycles. The largest absolute Gasteiger partial charge is 0.377 e. The molecule has 4 heteroatoms. The first-order valence-corrected chi connectivity index (χ1v) is 7.19. The predicted octanol–water partition coefficient (Wildman–Crippen LogP) is 2.16. The molecule has 0 spiro atoms. The molecule has 1 aromatic rings. The normalized spacial score (nSPS) is 19.8. The van der Waals surface area contributed by atoms with Gasteiger partial charge in [-0.1, -0.05) is 0 Å². The monoisotopic (exact) mass is 263 g/mol. The highest BCUT2D eigenvalue weighted by Crippen LogP contribution is 2.26. The maximum atomic E-state index is 5.90. The molecule has 1 aliphatic heterocycles. The standard InChI is InChI=1S/C15H25N3O/c1-4-19-13-6-5-7-18(10-13)15-14(9-16)11(2)8-12(3)17-15/h8,13H,4-7,9-10,16H2,1-3H3. The Morgan fingerprint density at radius 3 is 2.95 bits per heavy atom. The van der Waals surface area contributed by atoms with Gasteiger partial charge in [0.15, 0.2) is 0 Å². The minimum absolute atomic E-state index is 0.326. The van der Waals surface area contributed by atoms with Gasteiger partial charge in [-0.3, -0.25) is 0 Å². The van der Waals surface area contributed by atoms with E-state index in [2.05, 4.69) is 24.8 Å². The van der Waals surface area contributed by atoms with Crippen LogP contribution < -0.4 is 10.6 Å². The minimum Gasteiger partial charge on any atom is -0.377 e. The van der Waals surface area contributed by atoms with Gasteiger partial charge in [-0.2, -0.15) is 0 Å². The third-order valence-corrected chi connectivity index (χ3v) is 3.74. The fourth-order valence-corrected chi connectivity index (χ4v) is 2.86. The highest BCUT2D eigenvalue weighted by Gasteiger charge is 2.23. The van der Waals surface area contributed by atoms with Crippen molar-refractivity contribution < 1.29 is 4.74 Å². The Balaban J connectivity index is 2.25. The summed E-state index contributed by atoms with van der Waals surface area (Å²) in [7, 11) is 0. The summed E-state index contributed by atoms with van der Waals surface area (Å²) < 4.78 is 5.77. The SMILES string of the molecule is CCOC1CCCN(c2nc(C)cc(C)c2CN)C1. The number of hydrogen-bond acceptors (Lipinski definition) is 4. The number of aryl methyl sites for hydroxylation is 2. The first kappa shape index (κ1) is 14.3. The predicted molar refractivity (Wildman–Crippen MR) is 78.5 cm³/mol. The summed E-state index contributed by atoms with van der Waals surface area (Å²) in [5.74, 6) is 1.06. The molecule has 4 nitrogen and oxygen atoms in total. The van der Waals surface area contributed by atoms with E-state index in [1.54, 1.807) is 0 Å². The summed E-state index contributed by atoms with van der Waals surface area (Å²) in [5.41, 5.74) is 9.37. The summed E-state index contributed by atoms with van der Waals surface area (Å²) >= 11 is 0. The van der Waals surface area contributed by atoms with Gasteiger partial charge in [-0.05, 0) is 45.2 Å². The molecule has 19 heavy (non-hydrogen) atoms. The van der Waals surface area contributed by atoms with Crippen LogP contribution in [0.4, 0.5) is 5.82 Å². The number of nitrogens with zero attached hydrogens (tertiary/aromatic N) is 2. The molecule has 106 valence electrons. The van der Waals surface area contributed by atoms with Crippen LogP contribution in [0.15, 0.2) is 6.07 Å². The number of nitrogens with two attached hydrogens (primary N) is 1. The average Bonchev–Trinajstić information content (AvgIpc) is 2.38. The van der Waals surface area contributed by atoms with E-state index < -0.39 is 0 Å². The van der Waals surface area contributed by atoms with Crippen molar-refractivity contribution in [3.8, 4) is 0 Å². The molecular formula is C15H25N3O. The van der Waals surface area contributed by atoms with Crippen LogP contribution in [0.2, 0.25) is 0 Å². The van der Waals surface area contributed by atoms with Crippen LogP contribution in [0.25, 0.3) is 0 Å². The summed E-state index contributed by atoms with van der Waals surface area (Å²) in [4.78, 5) is 7.05. The molecule has 1 fully saturated rings. The molecule has 2 heterocycles. The molecule has 0 aromatic carbocycles. The van der Waals surface area contributed by atoms with E-state index in [9.17, 15) is 0 Å². The van der Waals surface area contributed by atoms with E-state index >= 15 is 0 Å². The van der Waals surface area contributed by atoms with Gasteiger partial charge in [0.05, 0.1) is 6.10 Å². The van der Waals surface area contributed by atoms with Crippen molar-refractivity contribution in [3.05, 3.63) is 22.9 Å². The van der Waals surface area contributed by atoms with Gasteiger partial charge in [0.25, 0.3) is 0 Å². The molecule has 2 rings (SSSR count). The van der Waals surface area contributed by atoms with Gasteiger partial charge in [-0.25, -0.2) is 4.98 Å². The Bertz CT molecular complexity index is 432. The molecule has 1 aliphatic rings. The van der Waals surface area contributed by atoms with Crippen molar-refractivity contribution in [3.63, 3.8) is 0 Å². The van der Waals surface area contributed by atoms with Crippen molar-refractivity contribution in [2.24, 2.45) is 5.73 Å². The zero-order valence-electron chi connectivity index (χ0n) is 12.3. The summed E-state index contributed by atoms with van der Waals surface area (Å²) in [5, 5.41) is 0. The summed E-state index contributed by atoms with van der Waals surface area (Å²) in [6.45, 7) is 9.51. The Morgan fingerprint density at radius 2 is 2.26 bits per heavy atom. The van der Waals surface area contributed by atoms with E-state index in [1.807, 2.05) is 6.92 Å². The van der Waals surface area contributed by atoms with Gasteiger partial charge >= 0.3 is 0 Å². The second-order valence-electron chi connectivity index (χ2n) is 5.25. The molecule has 1 aromatic heterocycles. The lowest BCUT2D eigenvalue weighted by molar-refractivity contribution is 0.0525. The lowest BCUT2D eigenvalue weighted by Crippen LogP contribution is -2.41. The molecule has 2 N–H and O–H groups in total. The number of hydrogen-bond donors (Lipinski definition) is 1. The average molecular weight is 263 g/mol. The molecule has 1 unspecified atom stereocenters. The Kier molecular flexibility index (Phi) is 4.77. The Morgan fingerprint density at radius 1 is 1.47 bits per heavy atom. The van der Waals surface area contributed by atoms with Gasteiger partial charge < -0.3 is 15.4 Å². The van der Waals surface area contributed by atoms with Crippen LogP contribution in [0.1, 0.15) is 36.6 Å². The van der Waals surface area contributed by atoms with Crippen molar-refractivity contribution >= 4 is 5.82 Å². The molecule has 0 amide bonds. The fourth-order valence-electron chi connectivity index (χ4n) is 2.86. The zero-order chi connectivity index (χ0) is 13.8. The maximum Gasteiger partial charge on any atom is 0.133 e. The minimum atomic E-state index is 0.326. The fraction of sp³-hybridized carbons (Fsp3) is 0.667. The molecule has 0 aliphatic carbocycles. The summed E-state index contributed by atoms with van der Waals surface area (Å²) in [6.07, 6.45) is 2.63. The second kappa shape index (κ2) is 6.35. The van der Waals surface area contributed by atoms with E-state index in [1.165, 1.54) is 11.1 Å². The van der Waals surface area contributed by atoms with Crippen molar-refractivity contribution in [1.82, 2.24) is 4.98 Å². The number of piperidine rings is 1. The third kappa shape index (κ3) is 3.25. The van der Waals surface area contributed by atoms with E-state index in [0.717, 1.165) is 44.0 Å². The van der Waals surface area contributed by atoms with Crippen molar-refractivity contribution in [1.29, 1.82) is 0 Å². The van der Waals surface area contributed by atoms with Crippen LogP contribution in [0.3, 0.4) is 0 Å². The molecule has 0 bridgehead atoms. The van der Waals surface area contributed by atoms with Crippen LogP contribution in [0, 0.1) is 13.8 Å². The number of rotatable bonds is 4. The lowest BCUT2D eigenvalue weighted by atomic mass is 10.0. The van der Waals surface area contributed by atoms with E-state index in [-0.39, 0.29) is 0 Å². The first-order chi connectivity index (χ1) is 9.15. The highest BCUT2D eigenvalue weighted by molar-refractivity contribution is 5.52. The number of anilines is 1. The van der Waals surface area contributed by atoms with Crippen LogP contribution in [-0.4, -0.2) is 30.8 Å². The van der Waals surface area contributed by atoms with E-state index in [4.69, 9.17) is 15.5 Å². The number of ether oxygens (including phenoxy) is 1. The quantitative estimate of drug-likeness (QED) is 0.904. The van der Waals surface area contributed by atoms with Crippen LogP contribution >= 0.6 is 0 Å². The molecule has 0 radical (unpaired) electrons. The Hall–Kier alpha value is -1.13. The van der Waals surface area contributed by atoms with Crippen LogP contribution in [0.5, 0.6) is 0 Å². The van der Waals surface area contributed by atoms with E-state index in [0.29, 0.717) is 12.6 Å². The van der Waals surface area contributed by atoms with Gasteiger partial charge in [0.1, 0.15) is 5.82 Å². The third-order valence-electron chi connectivity index (χ3n) is 3.74. The number of pyridine rings is 1. The van der Waals surface area contributed by atoms with Gasteiger partial charge in [-0.15, -0.1) is 0 Å². The molecule has 1 atom stereocenters.